The summed E-state index contributed by atoms with van der Waals surface area (Å²) in [6.07, 6.45) is 3.78. The maximum Gasteiger partial charge on any atom is 0.247 e. The lowest BCUT2D eigenvalue weighted by Gasteiger charge is -2.47. The minimum Gasteiger partial charge on any atom is -0.493 e. The van der Waals surface area contributed by atoms with Crippen LogP contribution in [0.15, 0.2) is 53.4 Å². The van der Waals surface area contributed by atoms with Crippen LogP contribution >= 0.6 is 0 Å². The van der Waals surface area contributed by atoms with Crippen LogP contribution in [0.1, 0.15) is 103 Å². The summed E-state index contributed by atoms with van der Waals surface area (Å²) in [6.45, 7) is 9.13. The summed E-state index contributed by atoms with van der Waals surface area (Å²) in [4.78, 5) is 58.2. The highest BCUT2D eigenvalue weighted by Gasteiger charge is 2.58. The first kappa shape index (κ1) is 43.9. The first-order chi connectivity index (χ1) is 26.0. The maximum absolute atomic E-state index is 15.5. The van der Waals surface area contributed by atoms with Gasteiger partial charge >= 0.3 is 0 Å². The van der Waals surface area contributed by atoms with E-state index in [0.29, 0.717) is 24.3 Å². The molecule has 14 heteroatoms. The van der Waals surface area contributed by atoms with Gasteiger partial charge in [-0.15, -0.1) is 0 Å². The lowest BCUT2D eigenvalue weighted by atomic mass is 9.72. The van der Waals surface area contributed by atoms with Gasteiger partial charge in [0.15, 0.2) is 0 Å². The number of hydrogen-bond donors (Lipinski definition) is 5. The van der Waals surface area contributed by atoms with Gasteiger partial charge in [-0.1, -0.05) is 90.1 Å². The number of hydrogen-bond acceptors (Lipinski definition) is 9. The Bertz CT molecular complexity index is 1750. The minimum absolute atomic E-state index is 0.0419. The van der Waals surface area contributed by atoms with Gasteiger partial charge in [0.25, 0.3) is 0 Å². The standard InChI is InChI=1S/C41H61N5O8S/c1-26(2)23-41(33-25-54-37-18-17-31(21-32(33)37)55(52,53)43-6,46(28(5)47)39(50)34(42)19-29-13-9-7-10-14-29)40(51)45-35(20-30-15-11-8-12-16-30)36(48)22-38(49)44-24-27(3)4/h7,9-10,13-14,17-18,21,26-27,30,33-36,43,48H,8,11-12,15-16,19-20,22-25,42H2,1-6H3,(H,44,49)(H,45,51)/t33?,34-,35-,36-,41-/m0/s1. The molecule has 6 N–H and O–H groups in total. The molecule has 1 fully saturated rings. The third-order valence-corrected chi connectivity index (χ3v) is 12.2. The van der Waals surface area contributed by atoms with Gasteiger partial charge < -0.3 is 26.2 Å². The van der Waals surface area contributed by atoms with Crippen molar-refractivity contribution in [3.63, 3.8) is 0 Å². The summed E-state index contributed by atoms with van der Waals surface area (Å²) < 4.78 is 34.5. The third-order valence-electron chi connectivity index (χ3n) is 10.8. The van der Waals surface area contributed by atoms with Gasteiger partial charge in [0, 0.05) is 19.0 Å². The monoisotopic (exact) mass is 783 g/mol. The zero-order valence-corrected chi connectivity index (χ0v) is 34.0. The fraction of sp³-hybridized carbons (Fsp3) is 0.610. The fourth-order valence-corrected chi connectivity index (χ4v) is 8.87. The summed E-state index contributed by atoms with van der Waals surface area (Å²) in [5.74, 6) is -3.24. The van der Waals surface area contributed by atoms with E-state index in [9.17, 15) is 27.9 Å². The van der Waals surface area contributed by atoms with Crippen LogP contribution in [0.4, 0.5) is 0 Å². The Balaban J connectivity index is 1.89. The number of rotatable bonds is 18. The second-order valence-electron chi connectivity index (χ2n) is 16.1. The molecular weight excluding hydrogens is 723 g/mol. The number of benzene rings is 2. The average Bonchev–Trinajstić information content (AvgIpc) is 3.57. The molecule has 0 spiro atoms. The van der Waals surface area contributed by atoms with Crippen molar-refractivity contribution in [1.82, 2.24) is 20.3 Å². The predicted octanol–water partition coefficient (Wildman–Crippen LogP) is 3.78. The summed E-state index contributed by atoms with van der Waals surface area (Å²) in [6, 6.07) is 11.3. The molecule has 4 amide bonds. The van der Waals surface area contributed by atoms with Crippen LogP contribution in [0.2, 0.25) is 0 Å². The van der Waals surface area contributed by atoms with Gasteiger partial charge in [0.1, 0.15) is 11.3 Å². The molecule has 0 saturated heterocycles. The molecule has 4 rings (SSSR count). The van der Waals surface area contributed by atoms with E-state index in [-0.39, 0.29) is 54.4 Å². The molecule has 1 unspecified atom stereocenters. The number of nitrogens with zero attached hydrogens (tertiary/aromatic N) is 1. The largest absolute Gasteiger partial charge is 0.493 e. The number of nitrogens with two attached hydrogens (primary N) is 1. The highest BCUT2D eigenvalue weighted by molar-refractivity contribution is 7.89. The first-order valence-electron chi connectivity index (χ1n) is 19.6. The molecule has 1 aliphatic carbocycles. The van der Waals surface area contributed by atoms with E-state index in [4.69, 9.17) is 10.5 Å². The highest BCUT2D eigenvalue weighted by atomic mass is 32.2. The molecular formula is C41H61N5O8S. The zero-order valence-electron chi connectivity index (χ0n) is 33.2. The van der Waals surface area contributed by atoms with E-state index in [0.717, 1.165) is 42.6 Å². The van der Waals surface area contributed by atoms with E-state index in [1.165, 1.54) is 32.2 Å². The van der Waals surface area contributed by atoms with Crippen molar-refractivity contribution in [3.8, 4) is 5.75 Å². The van der Waals surface area contributed by atoms with E-state index in [2.05, 4.69) is 15.4 Å². The summed E-state index contributed by atoms with van der Waals surface area (Å²) >= 11 is 0. The van der Waals surface area contributed by atoms with Crippen LogP contribution in [-0.4, -0.2) is 86.0 Å². The molecule has 55 heavy (non-hydrogen) atoms. The summed E-state index contributed by atoms with van der Waals surface area (Å²) in [5.41, 5.74) is 5.70. The molecule has 304 valence electrons. The maximum atomic E-state index is 15.5. The van der Waals surface area contributed by atoms with Crippen molar-refractivity contribution in [2.75, 3.05) is 20.2 Å². The fourth-order valence-electron chi connectivity index (χ4n) is 8.10. The van der Waals surface area contributed by atoms with E-state index >= 15 is 4.79 Å². The number of amides is 4. The summed E-state index contributed by atoms with van der Waals surface area (Å²) in [7, 11) is -2.66. The van der Waals surface area contributed by atoms with Crippen molar-refractivity contribution in [2.45, 2.75) is 127 Å². The number of fused-ring (bicyclic) bond motifs is 1. The van der Waals surface area contributed by atoms with Crippen LogP contribution in [0.5, 0.6) is 5.75 Å². The number of ether oxygens (including phenoxy) is 1. The number of nitrogens with one attached hydrogen (secondary N) is 3. The van der Waals surface area contributed by atoms with Crippen molar-refractivity contribution in [1.29, 1.82) is 0 Å². The quantitative estimate of drug-likeness (QED) is 0.150. The van der Waals surface area contributed by atoms with Crippen LogP contribution in [0.3, 0.4) is 0 Å². The van der Waals surface area contributed by atoms with E-state index in [1.54, 1.807) is 0 Å². The predicted molar refractivity (Wildman–Crippen MR) is 210 cm³/mol. The molecule has 5 atom stereocenters. The lowest BCUT2D eigenvalue weighted by molar-refractivity contribution is -0.162. The molecule has 1 heterocycles. The SMILES string of the molecule is CNS(=O)(=O)c1ccc2c(c1)C([C@@](CC(C)C)(C(=O)N[C@@H](CC1CCCCC1)[C@@H](O)CC(=O)NCC(C)C)N(C(C)=O)C(=O)[C@@H](N)Cc1ccccc1)CO2. The number of aliphatic hydroxyl groups is 1. The van der Waals surface area contributed by atoms with Crippen molar-refractivity contribution in [2.24, 2.45) is 23.5 Å². The zero-order chi connectivity index (χ0) is 40.5. The van der Waals surface area contributed by atoms with Crippen molar-refractivity contribution < 1.29 is 37.4 Å². The molecule has 0 aromatic heterocycles. The Hall–Kier alpha value is -3.85. The van der Waals surface area contributed by atoms with Crippen molar-refractivity contribution >= 4 is 33.7 Å². The van der Waals surface area contributed by atoms with Crippen LogP contribution < -0.4 is 25.8 Å². The van der Waals surface area contributed by atoms with Crippen LogP contribution in [0.25, 0.3) is 0 Å². The first-order valence-corrected chi connectivity index (χ1v) is 21.1. The minimum atomic E-state index is -3.95. The number of aliphatic hydroxyl groups excluding tert-OH is 1. The molecule has 1 saturated carbocycles. The normalized spacial score (nSPS) is 18.8. The topological polar surface area (TPSA) is 197 Å². The lowest BCUT2D eigenvalue weighted by Crippen LogP contribution is -2.69. The molecule has 13 nitrogen and oxygen atoms in total. The number of carbonyl (C=O) groups excluding carboxylic acids is 4. The Morgan fingerprint density at radius 2 is 1.67 bits per heavy atom. The van der Waals surface area contributed by atoms with E-state index < -0.39 is 57.4 Å². The average molecular weight is 784 g/mol. The highest BCUT2D eigenvalue weighted by Crippen LogP contribution is 2.47. The second-order valence-corrected chi connectivity index (χ2v) is 18.0. The van der Waals surface area contributed by atoms with Crippen LogP contribution in [-0.2, 0) is 35.6 Å². The van der Waals surface area contributed by atoms with Gasteiger partial charge in [-0.2, -0.15) is 0 Å². The molecule has 2 aromatic rings. The Morgan fingerprint density at radius 3 is 2.27 bits per heavy atom. The molecule has 0 bridgehead atoms. The van der Waals surface area contributed by atoms with Gasteiger partial charge in [0.2, 0.25) is 33.7 Å². The Morgan fingerprint density at radius 1 is 1.00 bits per heavy atom. The number of carbonyl (C=O) groups is 4. The van der Waals surface area contributed by atoms with Crippen molar-refractivity contribution in [3.05, 3.63) is 59.7 Å². The molecule has 2 aliphatic rings. The molecule has 1 aliphatic heterocycles. The Labute approximate surface area is 326 Å². The summed E-state index contributed by atoms with van der Waals surface area (Å²) in [5, 5.41) is 17.6. The van der Waals surface area contributed by atoms with Gasteiger partial charge in [-0.05, 0) is 67.8 Å². The third kappa shape index (κ3) is 10.9. The van der Waals surface area contributed by atoms with Crippen LogP contribution in [0, 0.1) is 17.8 Å². The van der Waals surface area contributed by atoms with E-state index in [1.807, 2.05) is 58.0 Å². The van der Waals surface area contributed by atoms with Gasteiger partial charge in [0.05, 0.1) is 42.0 Å². The molecule has 0 radical (unpaired) electrons. The van der Waals surface area contributed by atoms with Gasteiger partial charge in [-0.3, -0.25) is 24.1 Å². The number of imide groups is 1. The Kier molecular flexibility index (Phi) is 15.4. The van der Waals surface area contributed by atoms with Gasteiger partial charge in [-0.25, -0.2) is 13.1 Å². The smallest absolute Gasteiger partial charge is 0.247 e. The molecule has 2 aromatic carbocycles. The second kappa shape index (κ2) is 19.3. The number of sulfonamides is 1.